The van der Waals surface area contributed by atoms with E-state index in [1.807, 2.05) is 0 Å². The van der Waals surface area contributed by atoms with Crippen molar-refractivity contribution in [2.24, 2.45) is 5.92 Å². The summed E-state index contributed by atoms with van der Waals surface area (Å²) >= 11 is 0. The predicted octanol–water partition coefficient (Wildman–Crippen LogP) is 2.16. The van der Waals surface area contributed by atoms with Crippen molar-refractivity contribution >= 4 is 11.8 Å². The van der Waals surface area contributed by atoms with E-state index < -0.39 is 5.97 Å². The van der Waals surface area contributed by atoms with Crippen molar-refractivity contribution in [1.29, 1.82) is 0 Å². The maximum atomic E-state index is 10.8. The Bertz CT molecular complexity index is 362. The van der Waals surface area contributed by atoms with Gasteiger partial charge in [0.05, 0.1) is 5.56 Å². The number of aromatic carboxylic acids is 1. The first-order valence-electron chi connectivity index (χ1n) is 4.95. The molecule has 0 radical (unpaired) electrons. The molecule has 1 rings (SSSR count). The number of aryl methyl sites for hydroxylation is 1. The topological polar surface area (TPSA) is 62.2 Å². The van der Waals surface area contributed by atoms with Gasteiger partial charge in [0.2, 0.25) is 0 Å². The van der Waals surface area contributed by atoms with E-state index in [1.54, 1.807) is 19.1 Å². The number of carboxylic acid groups (broad SMARTS) is 1. The molecule has 15 heavy (non-hydrogen) atoms. The molecule has 0 fully saturated rings. The largest absolute Gasteiger partial charge is 0.478 e. The molecule has 0 aliphatic rings. The molecule has 0 saturated heterocycles. The lowest BCUT2D eigenvalue weighted by Gasteiger charge is -2.09. The van der Waals surface area contributed by atoms with Crippen LogP contribution in [0.2, 0.25) is 0 Å². The van der Waals surface area contributed by atoms with Crippen molar-refractivity contribution in [2.75, 3.05) is 11.9 Å². The molecule has 1 aromatic rings. The minimum atomic E-state index is -0.923. The molecule has 1 aromatic heterocycles. The minimum Gasteiger partial charge on any atom is -0.478 e. The molecule has 2 N–H and O–H groups in total. The van der Waals surface area contributed by atoms with E-state index in [-0.39, 0.29) is 5.56 Å². The average Bonchev–Trinajstić information content (AvgIpc) is 2.13. The highest BCUT2D eigenvalue weighted by molar-refractivity contribution is 5.88. The van der Waals surface area contributed by atoms with Gasteiger partial charge in [0.1, 0.15) is 5.82 Å². The summed E-state index contributed by atoms with van der Waals surface area (Å²) in [6, 6.07) is 3.11. The van der Waals surface area contributed by atoms with Crippen molar-refractivity contribution in [3.63, 3.8) is 0 Å². The third-order valence-corrected chi connectivity index (χ3v) is 1.89. The molecule has 1 heterocycles. The van der Waals surface area contributed by atoms with Crippen LogP contribution in [0.1, 0.15) is 29.9 Å². The maximum absolute atomic E-state index is 10.8. The number of rotatable bonds is 4. The van der Waals surface area contributed by atoms with Gasteiger partial charge >= 0.3 is 5.97 Å². The molecule has 0 aliphatic heterocycles. The van der Waals surface area contributed by atoms with Crippen molar-refractivity contribution in [3.05, 3.63) is 23.4 Å². The van der Waals surface area contributed by atoms with Gasteiger partial charge in [0.25, 0.3) is 0 Å². The Morgan fingerprint density at radius 3 is 2.73 bits per heavy atom. The summed E-state index contributed by atoms with van der Waals surface area (Å²) in [5.74, 6) is 0.204. The zero-order chi connectivity index (χ0) is 11.4. The van der Waals surface area contributed by atoms with Crippen LogP contribution in [-0.4, -0.2) is 22.6 Å². The molecular weight excluding hydrogens is 192 g/mol. The van der Waals surface area contributed by atoms with Gasteiger partial charge in [-0.3, -0.25) is 0 Å². The molecule has 4 heteroatoms. The average molecular weight is 208 g/mol. The number of pyridine rings is 1. The van der Waals surface area contributed by atoms with E-state index in [0.717, 1.165) is 6.54 Å². The number of anilines is 1. The second kappa shape index (κ2) is 4.77. The van der Waals surface area contributed by atoms with Crippen molar-refractivity contribution < 1.29 is 9.90 Å². The van der Waals surface area contributed by atoms with E-state index >= 15 is 0 Å². The van der Waals surface area contributed by atoms with Gasteiger partial charge < -0.3 is 10.4 Å². The predicted molar refractivity (Wildman–Crippen MR) is 59.3 cm³/mol. The van der Waals surface area contributed by atoms with Gasteiger partial charge in [-0.15, -0.1) is 0 Å². The summed E-state index contributed by atoms with van der Waals surface area (Å²) in [5.41, 5.74) is 0.981. The third kappa shape index (κ3) is 3.58. The van der Waals surface area contributed by atoms with E-state index in [9.17, 15) is 4.79 Å². The van der Waals surface area contributed by atoms with Crippen LogP contribution < -0.4 is 5.32 Å². The normalized spacial score (nSPS) is 10.4. The summed E-state index contributed by atoms with van der Waals surface area (Å²) in [7, 11) is 0. The van der Waals surface area contributed by atoms with E-state index in [0.29, 0.717) is 17.4 Å². The smallest absolute Gasteiger partial charge is 0.335 e. The quantitative estimate of drug-likeness (QED) is 0.795. The van der Waals surface area contributed by atoms with Crippen LogP contribution in [0.4, 0.5) is 5.82 Å². The second-order valence-corrected chi connectivity index (χ2v) is 3.96. The van der Waals surface area contributed by atoms with Gasteiger partial charge in [0, 0.05) is 12.2 Å². The lowest BCUT2D eigenvalue weighted by molar-refractivity contribution is 0.0696. The van der Waals surface area contributed by atoms with Gasteiger partial charge in [0.15, 0.2) is 0 Å². The Morgan fingerprint density at radius 2 is 2.20 bits per heavy atom. The highest BCUT2D eigenvalue weighted by Gasteiger charge is 2.06. The fraction of sp³-hybridized carbons (Fsp3) is 0.455. The molecule has 0 atom stereocenters. The monoisotopic (exact) mass is 208 g/mol. The molecule has 0 unspecified atom stereocenters. The van der Waals surface area contributed by atoms with Crippen LogP contribution in [0.15, 0.2) is 12.1 Å². The summed E-state index contributed by atoms with van der Waals surface area (Å²) < 4.78 is 0. The number of carbonyl (C=O) groups is 1. The van der Waals surface area contributed by atoms with Crippen molar-refractivity contribution in [1.82, 2.24) is 4.98 Å². The zero-order valence-corrected chi connectivity index (χ0v) is 9.24. The summed E-state index contributed by atoms with van der Waals surface area (Å²) in [4.78, 5) is 15.0. The maximum Gasteiger partial charge on any atom is 0.335 e. The molecule has 0 spiro atoms. The third-order valence-electron chi connectivity index (χ3n) is 1.89. The van der Waals surface area contributed by atoms with Crippen LogP contribution >= 0.6 is 0 Å². The van der Waals surface area contributed by atoms with Crippen LogP contribution in [-0.2, 0) is 0 Å². The molecule has 0 amide bonds. The Hall–Kier alpha value is -1.58. The minimum absolute atomic E-state index is 0.272. The molecule has 0 saturated carbocycles. The molecule has 4 nitrogen and oxygen atoms in total. The molecule has 0 aromatic carbocycles. The summed E-state index contributed by atoms with van der Waals surface area (Å²) in [6.45, 7) is 6.74. The fourth-order valence-electron chi connectivity index (χ4n) is 1.19. The van der Waals surface area contributed by atoms with Gasteiger partial charge in [-0.2, -0.15) is 0 Å². The number of nitrogens with zero attached hydrogens (tertiary/aromatic N) is 1. The number of hydrogen-bond acceptors (Lipinski definition) is 3. The highest BCUT2D eigenvalue weighted by atomic mass is 16.4. The van der Waals surface area contributed by atoms with Gasteiger partial charge in [-0.1, -0.05) is 13.8 Å². The van der Waals surface area contributed by atoms with Gasteiger partial charge in [-0.25, -0.2) is 9.78 Å². The standard InChI is InChI=1S/C11H16N2O2/c1-7(2)6-12-10-5-9(11(14)15)4-8(3)13-10/h4-5,7H,6H2,1-3H3,(H,12,13)(H,14,15). The summed E-state index contributed by atoms with van der Waals surface area (Å²) in [6.07, 6.45) is 0. The van der Waals surface area contributed by atoms with E-state index in [1.165, 1.54) is 0 Å². The van der Waals surface area contributed by atoms with Crippen molar-refractivity contribution in [2.45, 2.75) is 20.8 Å². The number of hydrogen-bond donors (Lipinski definition) is 2. The lowest BCUT2D eigenvalue weighted by atomic mass is 10.2. The van der Waals surface area contributed by atoms with Crippen LogP contribution in [0.25, 0.3) is 0 Å². The zero-order valence-electron chi connectivity index (χ0n) is 9.24. The molecule has 82 valence electrons. The number of aromatic nitrogens is 1. The Kier molecular flexibility index (Phi) is 3.66. The number of carboxylic acids is 1. The van der Waals surface area contributed by atoms with E-state index in [4.69, 9.17) is 5.11 Å². The van der Waals surface area contributed by atoms with Crippen LogP contribution in [0, 0.1) is 12.8 Å². The van der Waals surface area contributed by atoms with Gasteiger partial charge in [-0.05, 0) is 25.0 Å². The first-order chi connectivity index (χ1) is 6.99. The molecule has 0 aliphatic carbocycles. The Labute approximate surface area is 89.3 Å². The molecule has 0 bridgehead atoms. The number of nitrogens with one attached hydrogen (secondary N) is 1. The Morgan fingerprint density at radius 1 is 1.53 bits per heavy atom. The lowest BCUT2D eigenvalue weighted by Crippen LogP contribution is -2.10. The first kappa shape index (κ1) is 11.5. The molecular formula is C11H16N2O2. The first-order valence-corrected chi connectivity index (χ1v) is 4.95. The SMILES string of the molecule is Cc1cc(C(=O)O)cc(NCC(C)C)n1. The highest BCUT2D eigenvalue weighted by Crippen LogP contribution is 2.10. The Balaban J connectivity index is 2.84. The summed E-state index contributed by atoms with van der Waals surface area (Å²) in [5, 5.41) is 12.0. The van der Waals surface area contributed by atoms with E-state index in [2.05, 4.69) is 24.1 Å². The van der Waals surface area contributed by atoms with Crippen LogP contribution in [0.5, 0.6) is 0 Å². The van der Waals surface area contributed by atoms with Crippen LogP contribution in [0.3, 0.4) is 0 Å². The second-order valence-electron chi connectivity index (χ2n) is 3.96. The van der Waals surface area contributed by atoms with Crippen molar-refractivity contribution in [3.8, 4) is 0 Å². The fourth-order valence-corrected chi connectivity index (χ4v) is 1.19.